The van der Waals surface area contributed by atoms with Crippen molar-refractivity contribution in [1.82, 2.24) is 10.2 Å². The average Bonchev–Trinajstić information content (AvgIpc) is 3.16. The largest absolute Gasteiger partial charge is 0.344 e. The molecule has 0 heterocycles. The maximum absolute atomic E-state index is 12.5. The Hall–Kier alpha value is -1.35. The van der Waals surface area contributed by atoms with E-state index in [1.54, 1.807) is 0 Å². The Labute approximate surface area is 109 Å². The molecule has 98 valence electrons. The summed E-state index contributed by atoms with van der Waals surface area (Å²) in [6, 6.07) is 8.36. The zero-order valence-corrected chi connectivity index (χ0v) is 11.5. The fraction of sp³-hybridized carbons (Fsp3) is 0.533. The highest BCUT2D eigenvalue weighted by Crippen LogP contribution is 2.49. The number of benzene rings is 1. The maximum Gasteiger partial charge on any atom is 0.233 e. The predicted octanol–water partition coefficient (Wildman–Crippen LogP) is 1.70. The summed E-state index contributed by atoms with van der Waals surface area (Å²) >= 11 is 0. The Morgan fingerprint density at radius 2 is 2.17 bits per heavy atom. The fourth-order valence-corrected chi connectivity index (χ4v) is 2.44. The summed E-state index contributed by atoms with van der Waals surface area (Å²) in [6.45, 7) is 3.68. The number of amides is 1. The molecule has 1 aliphatic rings. The lowest BCUT2D eigenvalue weighted by Gasteiger charge is -2.24. The Morgan fingerprint density at radius 3 is 2.72 bits per heavy atom. The number of likely N-dealkylation sites (N-methyl/N-ethyl adjacent to an activating group) is 2. The van der Waals surface area contributed by atoms with Crippen LogP contribution in [0.15, 0.2) is 24.3 Å². The van der Waals surface area contributed by atoms with Crippen LogP contribution in [0.5, 0.6) is 0 Å². The summed E-state index contributed by atoms with van der Waals surface area (Å²) < 4.78 is 0. The molecule has 0 unspecified atom stereocenters. The van der Waals surface area contributed by atoms with Crippen LogP contribution in [0.25, 0.3) is 0 Å². The van der Waals surface area contributed by atoms with E-state index in [2.05, 4.69) is 30.4 Å². The highest BCUT2D eigenvalue weighted by atomic mass is 16.2. The van der Waals surface area contributed by atoms with E-state index >= 15 is 0 Å². The van der Waals surface area contributed by atoms with Gasteiger partial charge in [-0.25, -0.2) is 0 Å². The van der Waals surface area contributed by atoms with Crippen molar-refractivity contribution < 1.29 is 4.79 Å². The highest BCUT2D eigenvalue weighted by Gasteiger charge is 2.52. The first-order valence-electron chi connectivity index (χ1n) is 6.57. The van der Waals surface area contributed by atoms with Gasteiger partial charge in [-0.1, -0.05) is 29.8 Å². The van der Waals surface area contributed by atoms with E-state index in [0.717, 1.165) is 25.9 Å². The number of hydrogen-bond donors (Lipinski definition) is 1. The molecule has 0 bridgehead atoms. The van der Waals surface area contributed by atoms with Crippen LogP contribution in [0.1, 0.15) is 24.0 Å². The van der Waals surface area contributed by atoms with E-state index in [4.69, 9.17) is 0 Å². The number of carbonyl (C=O) groups is 1. The molecule has 1 amide bonds. The molecule has 1 fully saturated rings. The van der Waals surface area contributed by atoms with Gasteiger partial charge in [-0.05, 0) is 32.4 Å². The molecule has 1 aromatic rings. The molecule has 1 aliphatic carbocycles. The summed E-state index contributed by atoms with van der Waals surface area (Å²) in [5.74, 6) is 0.267. The zero-order chi connectivity index (χ0) is 13.2. The van der Waals surface area contributed by atoms with E-state index in [1.807, 2.05) is 25.1 Å². The van der Waals surface area contributed by atoms with Crippen LogP contribution < -0.4 is 5.32 Å². The Morgan fingerprint density at radius 1 is 1.44 bits per heavy atom. The van der Waals surface area contributed by atoms with Crippen molar-refractivity contribution in [2.45, 2.75) is 25.2 Å². The third-order valence-corrected chi connectivity index (χ3v) is 3.77. The Bertz CT molecular complexity index is 438. The van der Waals surface area contributed by atoms with E-state index in [-0.39, 0.29) is 11.3 Å². The predicted molar refractivity (Wildman–Crippen MR) is 73.7 cm³/mol. The summed E-state index contributed by atoms with van der Waals surface area (Å²) in [4.78, 5) is 14.4. The molecule has 2 rings (SSSR count). The fourth-order valence-electron chi connectivity index (χ4n) is 2.44. The van der Waals surface area contributed by atoms with Gasteiger partial charge in [0.05, 0.1) is 5.41 Å². The quantitative estimate of drug-likeness (QED) is 0.857. The smallest absolute Gasteiger partial charge is 0.233 e. The van der Waals surface area contributed by atoms with E-state index in [1.165, 1.54) is 11.1 Å². The molecule has 18 heavy (non-hydrogen) atoms. The molecule has 3 heteroatoms. The van der Waals surface area contributed by atoms with Crippen LogP contribution in [0.3, 0.4) is 0 Å². The van der Waals surface area contributed by atoms with Crippen LogP contribution in [0.4, 0.5) is 0 Å². The summed E-state index contributed by atoms with van der Waals surface area (Å²) in [5.41, 5.74) is 2.18. The topological polar surface area (TPSA) is 32.3 Å². The van der Waals surface area contributed by atoms with Crippen molar-refractivity contribution in [1.29, 1.82) is 0 Å². The van der Waals surface area contributed by atoms with Gasteiger partial charge in [0.15, 0.2) is 0 Å². The lowest BCUT2D eigenvalue weighted by molar-refractivity contribution is -0.132. The summed E-state index contributed by atoms with van der Waals surface area (Å²) in [7, 11) is 3.81. The SMILES string of the molecule is CNCCN(C)C(=O)C1(c2cccc(C)c2)CC1. The minimum absolute atomic E-state index is 0.228. The highest BCUT2D eigenvalue weighted by molar-refractivity contribution is 5.91. The zero-order valence-electron chi connectivity index (χ0n) is 11.5. The van der Waals surface area contributed by atoms with Crippen LogP contribution in [-0.4, -0.2) is 38.0 Å². The molecule has 0 saturated heterocycles. The van der Waals surface area contributed by atoms with E-state index in [9.17, 15) is 4.79 Å². The molecule has 3 nitrogen and oxygen atoms in total. The molecular formula is C15H22N2O. The Balaban J connectivity index is 2.14. The van der Waals surface area contributed by atoms with Gasteiger partial charge in [-0.2, -0.15) is 0 Å². The maximum atomic E-state index is 12.5. The molecule has 1 aromatic carbocycles. The first-order valence-corrected chi connectivity index (χ1v) is 6.57. The molecule has 0 radical (unpaired) electrons. The van der Waals surface area contributed by atoms with Crippen LogP contribution in [0.2, 0.25) is 0 Å². The van der Waals surface area contributed by atoms with Crippen molar-refractivity contribution in [3.63, 3.8) is 0 Å². The number of aryl methyl sites for hydroxylation is 1. The Kier molecular flexibility index (Phi) is 3.71. The normalized spacial score (nSPS) is 16.4. The van der Waals surface area contributed by atoms with Crippen molar-refractivity contribution in [2.75, 3.05) is 27.2 Å². The average molecular weight is 246 g/mol. The number of carbonyl (C=O) groups excluding carboxylic acids is 1. The van der Waals surface area contributed by atoms with Gasteiger partial charge >= 0.3 is 0 Å². The first kappa shape index (κ1) is 13.1. The number of nitrogens with one attached hydrogen (secondary N) is 1. The number of rotatable bonds is 5. The second-order valence-electron chi connectivity index (χ2n) is 5.28. The van der Waals surface area contributed by atoms with E-state index in [0.29, 0.717) is 0 Å². The summed E-state index contributed by atoms with van der Waals surface area (Å²) in [6.07, 6.45) is 1.97. The molecule has 1 N–H and O–H groups in total. The van der Waals surface area contributed by atoms with Crippen LogP contribution in [0, 0.1) is 6.92 Å². The van der Waals surface area contributed by atoms with E-state index < -0.39 is 0 Å². The second-order valence-corrected chi connectivity index (χ2v) is 5.28. The lowest BCUT2D eigenvalue weighted by Crippen LogP contribution is -2.39. The van der Waals surface area contributed by atoms with Gasteiger partial charge in [-0.3, -0.25) is 4.79 Å². The minimum Gasteiger partial charge on any atom is -0.344 e. The van der Waals surface area contributed by atoms with Crippen molar-refractivity contribution >= 4 is 5.91 Å². The minimum atomic E-state index is -0.228. The number of nitrogens with zero attached hydrogens (tertiary/aromatic N) is 1. The van der Waals surface area contributed by atoms with Gasteiger partial charge in [-0.15, -0.1) is 0 Å². The van der Waals surface area contributed by atoms with Gasteiger partial charge in [0.1, 0.15) is 0 Å². The first-order chi connectivity index (χ1) is 8.60. The van der Waals surface area contributed by atoms with Gasteiger partial charge in [0.25, 0.3) is 0 Å². The summed E-state index contributed by atoms with van der Waals surface area (Å²) in [5, 5.41) is 3.08. The molecule has 1 saturated carbocycles. The van der Waals surface area contributed by atoms with Crippen molar-refractivity contribution in [3.05, 3.63) is 35.4 Å². The molecule has 0 atom stereocenters. The molecule has 0 spiro atoms. The van der Waals surface area contributed by atoms with Gasteiger partial charge in [0.2, 0.25) is 5.91 Å². The molecule has 0 aromatic heterocycles. The van der Waals surface area contributed by atoms with Crippen molar-refractivity contribution in [3.8, 4) is 0 Å². The molecular weight excluding hydrogens is 224 g/mol. The number of hydrogen-bond acceptors (Lipinski definition) is 2. The lowest BCUT2D eigenvalue weighted by atomic mass is 9.93. The van der Waals surface area contributed by atoms with Gasteiger partial charge < -0.3 is 10.2 Å². The standard InChI is InChI=1S/C15H22N2O/c1-12-5-4-6-13(11-12)15(7-8-15)14(18)17(3)10-9-16-2/h4-6,11,16H,7-10H2,1-3H3. The monoisotopic (exact) mass is 246 g/mol. The third-order valence-electron chi connectivity index (χ3n) is 3.77. The van der Waals surface area contributed by atoms with Crippen LogP contribution >= 0.6 is 0 Å². The third kappa shape index (κ3) is 2.41. The van der Waals surface area contributed by atoms with Crippen molar-refractivity contribution in [2.24, 2.45) is 0 Å². The van der Waals surface area contributed by atoms with Gasteiger partial charge in [0, 0.05) is 20.1 Å². The van der Waals surface area contributed by atoms with Crippen LogP contribution in [-0.2, 0) is 10.2 Å². The molecule has 0 aliphatic heterocycles. The second kappa shape index (κ2) is 5.11.